The molecule has 0 amide bonds. The fraction of sp³-hybridized carbons (Fsp3) is 0.111. The van der Waals surface area contributed by atoms with Crippen LogP contribution in [-0.2, 0) is 5.60 Å². The molecule has 0 saturated heterocycles. The summed E-state index contributed by atoms with van der Waals surface area (Å²) in [7, 11) is 0. The molecule has 0 aliphatic carbocycles. The van der Waals surface area contributed by atoms with Gasteiger partial charge < -0.3 is 15.1 Å². The first-order valence-electron chi connectivity index (χ1n) is 7.81. The van der Waals surface area contributed by atoms with Crippen molar-refractivity contribution in [3.8, 4) is 23.0 Å². The Labute approximate surface area is 143 Å². The Kier molecular flexibility index (Phi) is 3.62. The number of rotatable bonds is 4. The molecule has 0 unspecified atom stereocenters. The summed E-state index contributed by atoms with van der Waals surface area (Å²) in [4.78, 5) is 23.5. The van der Waals surface area contributed by atoms with Crippen LogP contribution in [0.3, 0.4) is 0 Å². The van der Waals surface area contributed by atoms with Crippen LogP contribution in [-0.4, -0.2) is 35.0 Å². The highest BCUT2D eigenvalue weighted by Crippen LogP contribution is 2.28. The highest BCUT2D eigenvalue weighted by molar-refractivity contribution is 5.51. The molecule has 3 N–H and O–H groups in total. The molecule has 25 heavy (non-hydrogen) atoms. The van der Waals surface area contributed by atoms with Gasteiger partial charge in [-0.3, -0.25) is 0 Å². The van der Waals surface area contributed by atoms with Crippen LogP contribution < -0.4 is 0 Å². The van der Waals surface area contributed by atoms with Gasteiger partial charge in [0.25, 0.3) is 0 Å². The van der Waals surface area contributed by atoms with Gasteiger partial charge in [-0.05, 0) is 31.2 Å². The van der Waals surface area contributed by atoms with Crippen molar-refractivity contribution in [2.45, 2.75) is 12.5 Å². The average molecular weight is 332 g/mol. The number of nitrogens with zero attached hydrogens (tertiary/aromatic N) is 4. The minimum Gasteiger partial charge on any atom is -0.377 e. The molecule has 7 nitrogen and oxygen atoms in total. The first kappa shape index (κ1) is 15.2. The second-order valence-corrected chi connectivity index (χ2v) is 5.76. The normalized spacial score (nSPS) is 11.6. The smallest absolute Gasteiger partial charge is 0.155 e. The van der Waals surface area contributed by atoms with Gasteiger partial charge in [-0.2, -0.15) is 0 Å². The van der Waals surface area contributed by atoms with Crippen LogP contribution >= 0.6 is 0 Å². The van der Waals surface area contributed by atoms with Crippen molar-refractivity contribution in [2.24, 2.45) is 0 Å². The predicted molar refractivity (Wildman–Crippen MR) is 92.3 cm³/mol. The summed E-state index contributed by atoms with van der Waals surface area (Å²) in [6.45, 7) is 1.68. The molecule has 7 heteroatoms. The van der Waals surface area contributed by atoms with Crippen LogP contribution in [0.2, 0.25) is 0 Å². The zero-order chi connectivity index (χ0) is 17.3. The van der Waals surface area contributed by atoms with E-state index in [0.717, 1.165) is 0 Å². The van der Waals surface area contributed by atoms with Gasteiger partial charge in [-0.25, -0.2) is 19.9 Å². The molecule has 124 valence electrons. The van der Waals surface area contributed by atoms with E-state index in [1.165, 1.54) is 0 Å². The zero-order valence-electron chi connectivity index (χ0n) is 13.5. The molecule has 0 aliphatic rings. The Bertz CT molecular complexity index is 897. The number of pyridine rings is 2. The largest absolute Gasteiger partial charge is 0.377 e. The van der Waals surface area contributed by atoms with Crippen molar-refractivity contribution in [3.05, 3.63) is 72.6 Å². The molecule has 4 aromatic heterocycles. The lowest BCUT2D eigenvalue weighted by Crippen LogP contribution is -2.26. The van der Waals surface area contributed by atoms with Crippen molar-refractivity contribution in [3.63, 3.8) is 0 Å². The summed E-state index contributed by atoms with van der Waals surface area (Å²) in [5.41, 5.74) is 0.941. The second kappa shape index (κ2) is 5.95. The Morgan fingerprint density at radius 3 is 1.68 bits per heavy atom. The van der Waals surface area contributed by atoms with Gasteiger partial charge >= 0.3 is 0 Å². The molecule has 4 rings (SSSR count). The van der Waals surface area contributed by atoms with Gasteiger partial charge in [-0.1, -0.05) is 12.1 Å². The SMILES string of the molecule is CC(O)(c1cccc(-c2ncc[nH]2)n1)c1cccc(-c2ncc[nH]2)n1. The first-order valence-corrected chi connectivity index (χ1v) is 7.81. The third-order valence-electron chi connectivity index (χ3n) is 3.98. The molecule has 0 spiro atoms. The van der Waals surface area contributed by atoms with Gasteiger partial charge in [0.15, 0.2) is 11.6 Å². The van der Waals surface area contributed by atoms with Crippen LogP contribution in [0.4, 0.5) is 0 Å². The van der Waals surface area contributed by atoms with E-state index in [1.54, 1.807) is 43.8 Å². The van der Waals surface area contributed by atoms with Crippen molar-refractivity contribution in [1.82, 2.24) is 29.9 Å². The third kappa shape index (κ3) is 2.81. The predicted octanol–water partition coefficient (Wildman–Crippen LogP) is 2.51. The number of imidazole rings is 2. The summed E-state index contributed by atoms with van der Waals surface area (Å²) in [5.74, 6) is 1.30. The Morgan fingerprint density at radius 1 is 0.800 bits per heavy atom. The Morgan fingerprint density at radius 2 is 1.28 bits per heavy atom. The van der Waals surface area contributed by atoms with E-state index >= 15 is 0 Å². The maximum atomic E-state index is 11.1. The van der Waals surface area contributed by atoms with Crippen molar-refractivity contribution in [2.75, 3.05) is 0 Å². The summed E-state index contributed by atoms with van der Waals surface area (Å²) in [5, 5.41) is 11.1. The van der Waals surface area contributed by atoms with Crippen LogP contribution in [0.25, 0.3) is 23.0 Å². The third-order valence-corrected chi connectivity index (χ3v) is 3.98. The molecular weight excluding hydrogens is 316 g/mol. The summed E-state index contributed by atoms with van der Waals surface area (Å²) >= 11 is 0. The maximum absolute atomic E-state index is 11.1. The molecule has 0 aromatic carbocycles. The van der Waals surface area contributed by atoms with Crippen LogP contribution in [0.15, 0.2) is 61.2 Å². The molecule has 0 saturated carbocycles. The highest BCUT2D eigenvalue weighted by Gasteiger charge is 2.29. The molecule has 0 fully saturated rings. The lowest BCUT2D eigenvalue weighted by atomic mass is 9.96. The Hall–Kier alpha value is -3.32. The van der Waals surface area contributed by atoms with Crippen molar-refractivity contribution in [1.29, 1.82) is 0 Å². The van der Waals surface area contributed by atoms with Crippen LogP contribution in [0.5, 0.6) is 0 Å². The van der Waals surface area contributed by atoms with Crippen LogP contribution in [0.1, 0.15) is 18.3 Å². The minimum atomic E-state index is -1.36. The molecular formula is C18H16N6O. The molecule has 0 aliphatic heterocycles. The zero-order valence-corrected chi connectivity index (χ0v) is 13.5. The van der Waals surface area contributed by atoms with Gasteiger partial charge in [0.1, 0.15) is 17.0 Å². The Balaban J connectivity index is 1.75. The minimum absolute atomic E-state index is 0.491. The van der Waals surface area contributed by atoms with E-state index in [0.29, 0.717) is 34.4 Å². The molecule has 0 radical (unpaired) electrons. The maximum Gasteiger partial charge on any atom is 0.155 e. The van der Waals surface area contributed by atoms with Gasteiger partial charge in [0.2, 0.25) is 0 Å². The number of nitrogens with one attached hydrogen (secondary N) is 2. The molecule has 0 bridgehead atoms. The highest BCUT2D eigenvalue weighted by atomic mass is 16.3. The van der Waals surface area contributed by atoms with Gasteiger partial charge in [-0.15, -0.1) is 0 Å². The number of H-pyrrole nitrogens is 2. The standard InChI is InChI=1S/C18H16N6O/c1-18(25,14-6-2-4-12(23-14)16-19-8-9-20-16)15-7-3-5-13(24-15)17-21-10-11-22-17/h2-11,25H,1H3,(H,19,20)(H,21,22). The molecule has 0 atom stereocenters. The van der Waals surface area contributed by atoms with E-state index in [-0.39, 0.29) is 0 Å². The molecule has 4 aromatic rings. The fourth-order valence-electron chi connectivity index (χ4n) is 2.62. The lowest BCUT2D eigenvalue weighted by Gasteiger charge is -2.23. The summed E-state index contributed by atoms with van der Waals surface area (Å²) in [6, 6.07) is 10.9. The second-order valence-electron chi connectivity index (χ2n) is 5.76. The number of aromatic amines is 2. The van der Waals surface area contributed by atoms with E-state index in [4.69, 9.17) is 0 Å². The van der Waals surface area contributed by atoms with Gasteiger partial charge in [0.05, 0.1) is 11.4 Å². The monoisotopic (exact) mass is 332 g/mol. The van der Waals surface area contributed by atoms with Crippen molar-refractivity contribution >= 4 is 0 Å². The summed E-state index contributed by atoms with van der Waals surface area (Å²) < 4.78 is 0. The van der Waals surface area contributed by atoms with Crippen molar-refractivity contribution < 1.29 is 5.11 Å². The van der Waals surface area contributed by atoms with E-state index in [2.05, 4.69) is 29.9 Å². The number of hydrogen-bond acceptors (Lipinski definition) is 5. The quantitative estimate of drug-likeness (QED) is 0.533. The van der Waals surface area contributed by atoms with Gasteiger partial charge in [0, 0.05) is 24.8 Å². The number of hydrogen-bond donors (Lipinski definition) is 3. The topological polar surface area (TPSA) is 103 Å². The van der Waals surface area contributed by atoms with E-state index in [1.807, 2.05) is 24.3 Å². The van der Waals surface area contributed by atoms with Crippen LogP contribution in [0, 0.1) is 0 Å². The number of aliphatic hydroxyl groups is 1. The number of aromatic nitrogens is 6. The van der Waals surface area contributed by atoms with E-state index < -0.39 is 5.60 Å². The average Bonchev–Trinajstić information content (AvgIpc) is 3.36. The first-order chi connectivity index (χ1) is 12.1. The lowest BCUT2D eigenvalue weighted by molar-refractivity contribution is 0.0929. The fourth-order valence-corrected chi connectivity index (χ4v) is 2.62. The molecule has 4 heterocycles. The summed E-state index contributed by atoms with van der Waals surface area (Å²) in [6.07, 6.45) is 6.79. The van der Waals surface area contributed by atoms with E-state index in [9.17, 15) is 5.11 Å².